The van der Waals surface area contributed by atoms with Gasteiger partial charge >= 0.3 is 0 Å². The molecule has 2 N–H and O–H groups in total. The van der Waals surface area contributed by atoms with Crippen LogP contribution in [0, 0.1) is 0 Å². The predicted octanol–water partition coefficient (Wildman–Crippen LogP) is 0.00420. The van der Waals surface area contributed by atoms with Gasteiger partial charge < -0.3 is 10.6 Å². The Hall–Kier alpha value is -1.40. The summed E-state index contributed by atoms with van der Waals surface area (Å²) < 4.78 is 22.8. The Balaban J connectivity index is 1.62. The van der Waals surface area contributed by atoms with E-state index >= 15 is 0 Å². The summed E-state index contributed by atoms with van der Waals surface area (Å²) in [6, 6.07) is 7.56. The molecule has 3 rings (SSSR count). The molecule has 108 valence electrons. The van der Waals surface area contributed by atoms with E-state index in [4.69, 9.17) is 0 Å². The molecule has 0 saturated carbocycles. The fourth-order valence-corrected chi connectivity index (χ4v) is 4.52. The molecule has 6 heteroatoms. The van der Waals surface area contributed by atoms with Gasteiger partial charge in [-0.1, -0.05) is 24.3 Å². The van der Waals surface area contributed by atoms with Gasteiger partial charge in [0, 0.05) is 12.6 Å². The van der Waals surface area contributed by atoms with Crippen molar-refractivity contribution in [2.75, 3.05) is 11.5 Å². The van der Waals surface area contributed by atoms with Gasteiger partial charge in [-0.15, -0.1) is 0 Å². The number of fused-ring (bicyclic) bond motifs is 1. The number of benzene rings is 1. The molecule has 2 atom stereocenters. The quantitative estimate of drug-likeness (QED) is 0.805. The summed E-state index contributed by atoms with van der Waals surface area (Å²) in [5.74, 6) is 0.155. The van der Waals surface area contributed by atoms with Crippen molar-refractivity contribution in [2.24, 2.45) is 0 Å². The number of rotatable bonds is 2. The fourth-order valence-electron chi connectivity index (χ4n) is 2.85. The van der Waals surface area contributed by atoms with E-state index in [0.29, 0.717) is 19.4 Å². The van der Waals surface area contributed by atoms with Gasteiger partial charge in [0.15, 0.2) is 9.84 Å². The predicted molar refractivity (Wildman–Crippen MR) is 76.0 cm³/mol. The Labute approximate surface area is 118 Å². The van der Waals surface area contributed by atoms with Crippen LogP contribution in [0.2, 0.25) is 0 Å². The maximum absolute atomic E-state index is 12.2. The van der Waals surface area contributed by atoms with Crippen LogP contribution >= 0.6 is 0 Å². The second-order valence-corrected chi connectivity index (χ2v) is 7.74. The Morgan fingerprint density at radius 2 is 2.00 bits per heavy atom. The summed E-state index contributed by atoms with van der Waals surface area (Å²) in [7, 11) is -2.96. The maximum Gasteiger partial charge on any atom is 0.237 e. The molecule has 0 radical (unpaired) electrons. The van der Waals surface area contributed by atoms with E-state index in [2.05, 4.69) is 16.7 Å². The average molecular weight is 294 g/mol. The highest BCUT2D eigenvalue weighted by atomic mass is 32.2. The first kappa shape index (κ1) is 13.6. The Morgan fingerprint density at radius 1 is 1.25 bits per heavy atom. The lowest BCUT2D eigenvalue weighted by Gasteiger charge is -2.26. The summed E-state index contributed by atoms with van der Waals surface area (Å²) >= 11 is 0. The molecule has 20 heavy (non-hydrogen) atoms. The van der Waals surface area contributed by atoms with Gasteiger partial charge in [0.1, 0.15) is 0 Å². The zero-order valence-corrected chi connectivity index (χ0v) is 11.9. The van der Waals surface area contributed by atoms with Crippen LogP contribution in [0.3, 0.4) is 0 Å². The summed E-state index contributed by atoms with van der Waals surface area (Å²) in [6.07, 6.45) is 1.18. The zero-order valence-electron chi connectivity index (χ0n) is 11.1. The van der Waals surface area contributed by atoms with Crippen molar-refractivity contribution < 1.29 is 13.2 Å². The molecule has 2 aliphatic rings. The van der Waals surface area contributed by atoms with Crippen molar-refractivity contribution in [3.63, 3.8) is 0 Å². The first-order valence-corrected chi connectivity index (χ1v) is 8.66. The second-order valence-electron chi connectivity index (χ2n) is 5.51. The number of amides is 1. The van der Waals surface area contributed by atoms with Crippen LogP contribution in [0.1, 0.15) is 17.5 Å². The largest absolute Gasteiger partial charge is 0.351 e. The van der Waals surface area contributed by atoms with Crippen LogP contribution in [-0.4, -0.2) is 37.9 Å². The number of hydrogen-bond acceptors (Lipinski definition) is 4. The van der Waals surface area contributed by atoms with E-state index in [1.807, 2.05) is 18.2 Å². The van der Waals surface area contributed by atoms with Crippen LogP contribution in [0.5, 0.6) is 0 Å². The number of nitrogens with one attached hydrogen (secondary N) is 2. The molecule has 0 spiro atoms. The molecular formula is C14H18N2O3S. The molecular weight excluding hydrogens is 276 g/mol. The van der Waals surface area contributed by atoms with Gasteiger partial charge in [0.25, 0.3) is 0 Å². The van der Waals surface area contributed by atoms with E-state index in [1.54, 1.807) is 0 Å². The van der Waals surface area contributed by atoms with E-state index in [9.17, 15) is 13.2 Å². The van der Waals surface area contributed by atoms with Crippen LogP contribution in [0.15, 0.2) is 24.3 Å². The van der Waals surface area contributed by atoms with Gasteiger partial charge in [0.05, 0.1) is 17.5 Å². The van der Waals surface area contributed by atoms with E-state index in [1.165, 1.54) is 11.1 Å². The third-order valence-electron chi connectivity index (χ3n) is 3.98. The van der Waals surface area contributed by atoms with Crippen molar-refractivity contribution in [1.29, 1.82) is 0 Å². The van der Waals surface area contributed by atoms with Gasteiger partial charge in [-0.05, 0) is 24.0 Å². The highest BCUT2D eigenvalue weighted by molar-refractivity contribution is 7.91. The third kappa shape index (κ3) is 2.86. The van der Waals surface area contributed by atoms with Crippen LogP contribution in [-0.2, 0) is 27.6 Å². The lowest BCUT2D eigenvalue weighted by Crippen LogP contribution is -2.50. The Kier molecular flexibility index (Phi) is 3.52. The highest BCUT2D eigenvalue weighted by Crippen LogP contribution is 2.17. The standard InChI is InChI=1S/C14H18N2O3S/c17-14(16-12-5-6-20(18,19)9-12)13-7-10-3-1-2-4-11(10)8-15-13/h1-4,12-13,15H,5-9H2,(H,16,17). The highest BCUT2D eigenvalue weighted by Gasteiger charge is 2.31. The molecule has 2 heterocycles. The molecule has 0 aromatic heterocycles. The Bertz CT molecular complexity index is 627. The summed E-state index contributed by atoms with van der Waals surface area (Å²) in [5.41, 5.74) is 2.41. The van der Waals surface area contributed by atoms with Crippen molar-refractivity contribution >= 4 is 15.7 Å². The molecule has 1 aromatic carbocycles. The van der Waals surface area contributed by atoms with Crippen LogP contribution < -0.4 is 10.6 Å². The zero-order chi connectivity index (χ0) is 14.2. The van der Waals surface area contributed by atoms with Gasteiger partial charge in [-0.2, -0.15) is 0 Å². The van der Waals surface area contributed by atoms with Crippen molar-refractivity contribution in [1.82, 2.24) is 10.6 Å². The van der Waals surface area contributed by atoms with Crippen LogP contribution in [0.25, 0.3) is 0 Å². The van der Waals surface area contributed by atoms with Crippen molar-refractivity contribution in [3.8, 4) is 0 Å². The lowest BCUT2D eigenvalue weighted by molar-refractivity contribution is -0.123. The van der Waals surface area contributed by atoms with Crippen molar-refractivity contribution in [3.05, 3.63) is 35.4 Å². The normalized spacial score (nSPS) is 27.8. The molecule has 2 unspecified atom stereocenters. The van der Waals surface area contributed by atoms with E-state index in [0.717, 1.165) is 0 Å². The lowest BCUT2D eigenvalue weighted by atomic mass is 9.95. The molecule has 1 aromatic rings. The van der Waals surface area contributed by atoms with Crippen LogP contribution in [0.4, 0.5) is 0 Å². The molecule has 1 saturated heterocycles. The van der Waals surface area contributed by atoms with Crippen molar-refractivity contribution in [2.45, 2.75) is 31.5 Å². The van der Waals surface area contributed by atoms with E-state index < -0.39 is 9.84 Å². The number of carbonyl (C=O) groups excluding carboxylic acids is 1. The smallest absolute Gasteiger partial charge is 0.237 e. The summed E-state index contributed by atoms with van der Waals surface area (Å²) in [5, 5.41) is 6.06. The number of carbonyl (C=O) groups is 1. The van der Waals surface area contributed by atoms with E-state index in [-0.39, 0.29) is 29.5 Å². The Morgan fingerprint density at radius 3 is 2.70 bits per heavy atom. The molecule has 1 fully saturated rings. The molecule has 1 amide bonds. The minimum absolute atomic E-state index is 0.0715. The summed E-state index contributed by atoms with van der Waals surface area (Å²) in [6.45, 7) is 0.678. The molecule has 5 nitrogen and oxygen atoms in total. The minimum Gasteiger partial charge on any atom is -0.351 e. The minimum atomic E-state index is -2.96. The number of hydrogen-bond donors (Lipinski definition) is 2. The first-order valence-electron chi connectivity index (χ1n) is 6.84. The van der Waals surface area contributed by atoms with Gasteiger partial charge in [0.2, 0.25) is 5.91 Å². The second kappa shape index (κ2) is 5.18. The monoisotopic (exact) mass is 294 g/mol. The molecule has 0 bridgehead atoms. The molecule has 0 aliphatic carbocycles. The third-order valence-corrected chi connectivity index (χ3v) is 5.74. The number of sulfone groups is 1. The van der Waals surface area contributed by atoms with Gasteiger partial charge in [-0.3, -0.25) is 4.79 Å². The summed E-state index contributed by atoms with van der Waals surface area (Å²) in [4.78, 5) is 12.2. The topological polar surface area (TPSA) is 75.3 Å². The average Bonchev–Trinajstić information content (AvgIpc) is 2.77. The molecule has 2 aliphatic heterocycles. The fraction of sp³-hybridized carbons (Fsp3) is 0.500. The van der Waals surface area contributed by atoms with Gasteiger partial charge in [-0.25, -0.2) is 8.42 Å². The first-order chi connectivity index (χ1) is 9.53. The maximum atomic E-state index is 12.2. The SMILES string of the molecule is O=C(NC1CCS(=O)(=O)C1)C1Cc2ccccc2CN1.